The lowest BCUT2D eigenvalue weighted by Crippen LogP contribution is -2.51. The van der Waals surface area contributed by atoms with Gasteiger partial charge < -0.3 is 26.2 Å². The number of benzene rings is 2. The molecule has 0 saturated carbocycles. The Morgan fingerprint density at radius 3 is 2.44 bits per heavy atom. The van der Waals surface area contributed by atoms with Gasteiger partial charge >= 0.3 is 6.18 Å². The van der Waals surface area contributed by atoms with Crippen LogP contribution in [0.25, 0.3) is 22.2 Å². The monoisotopic (exact) mass is 662 g/mol. The van der Waals surface area contributed by atoms with Gasteiger partial charge in [0.15, 0.2) is 0 Å². The zero-order chi connectivity index (χ0) is 34.4. The smallest absolute Gasteiger partial charge is 0.424 e. The van der Waals surface area contributed by atoms with Crippen LogP contribution in [0.1, 0.15) is 34.1 Å². The van der Waals surface area contributed by atoms with Crippen molar-refractivity contribution < 1.29 is 37.0 Å². The lowest BCUT2D eigenvalue weighted by Gasteiger charge is -2.31. The molecule has 2 amide bonds. The van der Waals surface area contributed by atoms with Crippen molar-refractivity contribution in [1.29, 1.82) is 0 Å². The lowest BCUT2D eigenvalue weighted by molar-refractivity contribution is -0.265. The number of aryl methyl sites for hydroxylation is 1. The number of rotatable bonds is 8. The molecule has 16 heteroatoms. The molecule has 0 fully saturated rings. The fourth-order valence-electron chi connectivity index (χ4n) is 5.26. The Kier molecular flexibility index (Phi) is 7.91. The van der Waals surface area contributed by atoms with E-state index in [1.807, 2.05) is 0 Å². The first-order chi connectivity index (χ1) is 22.7. The number of alkyl halides is 3. The van der Waals surface area contributed by atoms with Crippen LogP contribution < -0.4 is 21.1 Å². The summed E-state index contributed by atoms with van der Waals surface area (Å²) < 4.78 is 63.9. The van der Waals surface area contributed by atoms with Gasteiger partial charge in [-0.3, -0.25) is 14.6 Å². The highest BCUT2D eigenvalue weighted by atomic mass is 19.4. The van der Waals surface area contributed by atoms with Gasteiger partial charge in [-0.15, -0.1) is 0 Å². The number of nitrogens with zero attached hydrogens (tertiary/aromatic N) is 5. The minimum absolute atomic E-state index is 0.0431. The fourth-order valence-corrected chi connectivity index (χ4v) is 5.26. The van der Waals surface area contributed by atoms with Gasteiger partial charge in [-0.05, 0) is 67.9 Å². The number of aliphatic hydroxyl groups is 1. The van der Waals surface area contributed by atoms with E-state index in [2.05, 4.69) is 35.6 Å². The van der Waals surface area contributed by atoms with E-state index in [0.29, 0.717) is 10.9 Å². The molecule has 1 aliphatic heterocycles. The van der Waals surface area contributed by atoms with Gasteiger partial charge in [0, 0.05) is 28.3 Å². The number of carbonyl (C=O) groups is 2. The Bertz CT molecular complexity index is 2060. The summed E-state index contributed by atoms with van der Waals surface area (Å²) in [6.07, 6.45) is -1.30. The average Bonchev–Trinajstić information content (AvgIpc) is 3.40. The first-order valence-electron chi connectivity index (χ1n) is 14.3. The number of fused-ring (bicyclic) bond motifs is 2. The second kappa shape index (κ2) is 11.8. The zero-order valence-corrected chi connectivity index (χ0v) is 25.3. The second-order valence-corrected chi connectivity index (χ2v) is 11.5. The predicted octanol–water partition coefficient (Wildman–Crippen LogP) is 3.99. The van der Waals surface area contributed by atoms with Crippen LogP contribution >= 0.6 is 0 Å². The summed E-state index contributed by atoms with van der Waals surface area (Å²) >= 11 is 0. The highest BCUT2D eigenvalue weighted by Crippen LogP contribution is 2.47. The second-order valence-electron chi connectivity index (χ2n) is 11.5. The number of hydrogen-bond acceptors (Lipinski definition) is 10. The molecule has 5 aromatic rings. The van der Waals surface area contributed by atoms with Gasteiger partial charge in [0.05, 0.1) is 23.4 Å². The summed E-state index contributed by atoms with van der Waals surface area (Å²) in [5, 5.41) is 17.0. The van der Waals surface area contributed by atoms with E-state index in [1.165, 1.54) is 43.8 Å². The molecule has 0 spiro atoms. The van der Waals surface area contributed by atoms with Crippen LogP contribution in [0.5, 0.6) is 5.75 Å². The van der Waals surface area contributed by atoms with Gasteiger partial charge in [0.2, 0.25) is 17.5 Å². The number of primary amides is 1. The predicted molar refractivity (Wildman–Crippen MR) is 164 cm³/mol. The van der Waals surface area contributed by atoms with E-state index >= 15 is 0 Å². The van der Waals surface area contributed by atoms with Crippen LogP contribution in [0, 0.1) is 12.7 Å². The Morgan fingerprint density at radius 1 is 1.06 bits per heavy atom. The van der Waals surface area contributed by atoms with E-state index in [1.54, 1.807) is 19.2 Å². The summed E-state index contributed by atoms with van der Waals surface area (Å²) in [6, 6.07) is 10.1. The molecule has 0 radical (unpaired) electrons. The Balaban J connectivity index is 1.41. The largest absolute Gasteiger partial charge is 0.489 e. The van der Waals surface area contributed by atoms with Crippen molar-refractivity contribution in [1.82, 2.24) is 30.2 Å². The van der Waals surface area contributed by atoms with Crippen molar-refractivity contribution in [3.8, 4) is 17.0 Å². The van der Waals surface area contributed by atoms with E-state index in [9.17, 15) is 32.3 Å². The van der Waals surface area contributed by atoms with Crippen molar-refractivity contribution in [2.45, 2.75) is 31.0 Å². The molecule has 6 rings (SSSR count). The minimum Gasteiger partial charge on any atom is -0.489 e. The molecule has 4 heterocycles. The number of nitrogens with two attached hydrogens (primary N) is 1. The maximum Gasteiger partial charge on any atom is 0.424 e. The van der Waals surface area contributed by atoms with Crippen LogP contribution in [0.15, 0.2) is 67.4 Å². The van der Waals surface area contributed by atoms with Crippen molar-refractivity contribution in [3.63, 3.8) is 0 Å². The van der Waals surface area contributed by atoms with Crippen LogP contribution in [0.3, 0.4) is 0 Å². The summed E-state index contributed by atoms with van der Waals surface area (Å²) in [5.74, 6) is -2.39. The molecule has 246 valence electrons. The maximum atomic E-state index is 14.8. The molecule has 48 heavy (non-hydrogen) atoms. The van der Waals surface area contributed by atoms with Crippen LogP contribution in [-0.2, 0) is 15.8 Å². The summed E-state index contributed by atoms with van der Waals surface area (Å²) in [7, 11) is 0. The van der Waals surface area contributed by atoms with Gasteiger partial charge in [-0.1, -0.05) is 0 Å². The number of nitrogens with one attached hydrogen (secondary N) is 2. The SMILES string of the molecule is Cc1cnc2c(Nc3ncncn3)cc(C(=O)NCC(O)(c3cc4c(c(-c5ccc(F)cc5)n3)OC[C@]4(C)C(N)=O)C(F)(F)F)cc2c1. The average molecular weight is 663 g/mol. The van der Waals surface area contributed by atoms with E-state index in [0.717, 1.165) is 23.8 Å². The highest BCUT2D eigenvalue weighted by molar-refractivity contribution is 6.02. The lowest BCUT2D eigenvalue weighted by atomic mass is 9.81. The van der Waals surface area contributed by atoms with E-state index < -0.39 is 47.1 Å². The van der Waals surface area contributed by atoms with Gasteiger partial charge in [0.1, 0.15) is 41.9 Å². The molecule has 2 atom stereocenters. The maximum absolute atomic E-state index is 14.8. The third kappa shape index (κ3) is 5.70. The zero-order valence-electron chi connectivity index (χ0n) is 25.3. The van der Waals surface area contributed by atoms with Crippen LogP contribution in [0.2, 0.25) is 0 Å². The Morgan fingerprint density at radius 2 is 1.77 bits per heavy atom. The normalized spacial score (nSPS) is 16.9. The third-order valence-corrected chi connectivity index (χ3v) is 8.05. The molecule has 12 nitrogen and oxygen atoms in total. The summed E-state index contributed by atoms with van der Waals surface area (Å²) in [6.45, 7) is 1.47. The Labute approximate surface area is 269 Å². The quantitative estimate of drug-likeness (QED) is 0.178. The molecular weight excluding hydrogens is 636 g/mol. The molecule has 1 unspecified atom stereocenters. The van der Waals surface area contributed by atoms with Gasteiger partial charge in [-0.25, -0.2) is 24.3 Å². The number of aromatic nitrogens is 5. The topological polar surface area (TPSA) is 178 Å². The van der Waals surface area contributed by atoms with Crippen molar-refractivity contribution in [2.75, 3.05) is 18.5 Å². The standard InChI is InChI=1S/C32H26F4N8O4/c1-16-7-18-8-19(9-22(24(18)39-11-16)43-29-41-14-38-15-42-29)27(45)40-12-31(47,32(34,35)36)23-10-21-26(48-13-30(21,2)28(37)46)25(44-23)17-3-5-20(33)6-4-17/h3-11,14-15,47H,12-13H2,1-2H3,(H2,37,46)(H,40,45)(H,38,41,42,43)/t30-,31?/m0/s1. The minimum atomic E-state index is -5.39. The number of halogens is 4. The molecule has 3 aromatic heterocycles. The number of amides is 2. The van der Waals surface area contributed by atoms with Gasteiger partial charge in [0.25, 0.3) is 5.91 Å². The number of pyridine rings is 2. The number of anilines is 2. The molecule has 5 N–H and O–H groups in total. The third-order valence-electron chi connectivity index (χ3n) is 8.05. The van der Waals surface area contributed by atoms with E-state index in [-0.39, 0.29) is 46.4 Å². The number of hydrogen-bond donors (Lipinski definition) is 4. The molecule has 0 saturated heterocycles. The molecule has 2 aromatic carbocycles. The molecule has 1 aliphatic rings. The fraction of sp³-hybridized carbons (Fsp3) is 0.219. The first-order valence-corrected chi connectivity index (χ1v) is 14.3. The number of ether oxygens (including phenoxy) is 1. The molecule has 0 aliphatic carbocycles. The summed E-state index contributed by atoms with van der Waals surface area (Å²) in [5.41, 5.74) is 0.625. The van der Waals surface area contributed by atoms with Crippen molar-refractivity contribution >= 4 is 34.4 Å². The first kappa shape index (κ1) is 32.2. The Hall–Kier alpha value is -5.77. The molecular formula is C32H26F4N8O4. The highest BCUT2D eigenvalue weighted by Gasteiger charge is 2.57. The van der Waals surface area contributed by atoms with Crippen molar-refractivity contribution in [2.24, 2.45) is 5.73 Å². The van der Waals surface area contributed by atoms with Crippen LogP contribution in [-0.4, -0.2) is 61.2 Å². The van der Waals surface area contributed by atoms with Crippen LogP contribution in [0.4, 0.5) is 29.2 Å². The van der Waals surface area contributed by atoms with E-state index in [4.69, 9.17) is 10.5 Å². The van der Waals surface area contributed by atoms with Gasteiger partial charge in [-0.2, -0.15) is 13.2 Å². The molecule has 0 bridgehead atoms. The van der Waals surface area contributed by atoms with Crippen molar-refractivity contribution in [3.05, 3.63) is 95.6 Å². The summed E-state index contributed by atoms with van der Waals surface area (Å²) in [4.78, 5) is 46.2. The number of carbonyl (C=O) groups excluding carboxylic acids is 2.